The molecule has 0 rings (SSSR count). The molecule has 4 heavy (non-hydrogen) atoms. The molecule has 0 saturated heterocycles. The first-order valence-electron chi connectivity index (χ1n) is 0. The largest absolute Gasteiger partial charge is 2.00 e. The van der Waals surface area contributed by atoms with E-state index in [1.807, 2.05) is 0 Å². The second-order valence-electron chi connectivity index (χ2n) is 0. The van der Waals surface area contributed by atoms with Crippen LogP contribution in [0.25, 0.3) is 0 Å². The normalized spacial score (nSPS) is 0. The Kier molecular flexibility index (Phi) is 99.8. The number of hydrogen-bond donors (Lipinski definition) is 0. The Hall–Kier alpha value is 3.74. The maximum absolute atomic E-state index is 0. The van der Waals surface area contributed by atoms with Crippen molar-refractivity contribution in [2.45, 2.75) is 0 Å². The molecule has 0 bridgehead atoms. The Morgan fingerprint density at radius 1 is 1.25 bits per heavy atom. The average Bonchev–Trinajstić information content (AvgIpc) is 0. The summed E-state index contributed by atoms with van der Waals surface area (Å²) in [5, 5.41) is 0. The molecule has 0 atom stereocenters. The molecule has 0 unspecified atom stereocenters. The van der Waals surface area contributed by atoms with E-state index in [4.69, 9.17) is 0 Å². The van der Waals surface area contributed by atoms with Crippen LogP contribution in [0.3, 0.4) is 0 Å². The van der Waals surface area contributed by atoms with E-state index >= 15 is 0 Å². The molecule has 0 spiro atoms. The van der Waals surface area contributed by atoms with Crippen LogP contribution < -0.4 is 51.4 Å². The first-order chi connectivity index (χ1) is 0. The van der Waals surface area contributed by atoms with Gasteiger partial charge in [0.05, 0.1) is 0 Å². The third-order valence-electron chi connectivity index (χ3n) is 0. The van der Waals surface area contributed by atoms with Crippen LogP contribution in [0.15, 0.2) is 0 Å². The first kappa shape index (κ1) is 25.1. The topological polar surface area (TPSA) is 0 Å². The molecule has 0 N–H and O–H groups in total. The second kappa shape index (κ2) is 15.9. The summed E-state index contributed by atoms with van der Waals surface area (Å²) in [4.78, 5) is 0. The van der Waals surface area contributed by atoms with Crippen LogP contribution in [-0.4, -0.2) is 48.7 Å². The Bertz CT molecular complexity index is 14.9. The third kappa shape index (κ3) is 9.22. The standard InChI is InChI=1S/Ca.K.H4Si.Zn.3H/h;;1H4;;;;/q+2;+1;;;3*-1. The number of hydrogen-bond acceptors (Lipinski definition) is 0. The first-order valence-corrected chi connectivity index (χ1v) is 0. The van der Waals surface area contributed by atoms with Crippen LogP contribution in [0.4, 0.5) is 0 Å². The summed E-state index contributed by atoms with van der Waals surface area (Å²) in [6, 6.07) is 0. The van der Waals surface area contributed by atoms with Gasteiger partial charge in [-0.25, -0.2) is 0 Å². The van der Waals surface area contributed by atoms with Gasteiger partial charge >= 0.3 is 89.1 Å². The summed E-state index contributed by atoms with van der Waals surface area (Å²) in [6.45, 7) is 0. The maximum Gasteiger partial charge on any atom is 2.00 e. The van der Waals surface area contributed by atoms with E-state index in [9.17, 15) is 0 Å². The number of rotatable bonds is 0. The van der Waals surface area contributed by atoms with Gasteiger partial charge < -0.3 is 4.28 Å². The average molecular weight is 180 g/mol. The van der Waals surface area contributed by atoms with E-state index in [0.717, 1.165) is 0 Å². The fraction of sp³-hybridized carbons (Fsp3) is 0. The van der Waals surface area contributed by atoms with Crippen molar-refractivity contribution in [1.82, 2.24) is 0 Å². The van der Waals surface area contributed by atoms with Gasteiger partial charge in [-0.1, -0.05) is 0 Å². The predicted octanol–water partition coefficient (Wildman–Crippen LogP) is -4.49. The van der Waals surface area contributed by atoms with E-state index < -0.39 is 0 Å². The molecular weight excluding hydrogens is 173 g/mol. The Balaban J connectivity index is 0. The molecule has 0 heterocycles. The summed E-state index contributed by atoms with van der Waals surface area (Å²) >= 11 is 0. The molecule has 0 radical (unpaired) electrons. The zero-order valence-electron chi connectivity index (χ0n) is 5.41. The zero-order valence-corrected chi connectivity index (χ0v) is 10.7. The molecule has 16 valence electrons. The Labute approximate surface area is 121 Å². The fourth-order valence-electron chi connectivity index (χ4n) is 0. The SMILES string of the molecule is [Ca+2].[H-].[H-].[H-].[K+].[SiH4].[Zn]. The fourth-order valence-corrected chi connectivity index (χ4v) is 0. The van der Waals surface area contributed by atoms with Crippen LogP contribution >= 0.6 is 0 Å². The van der Waals surface area contributed by atoms with Gasteiger partial charge in [0.2, 0.25) is 0 Å². The van der Waals surface area contributed by atoms with Gasteiger partial charge in [-0.3, -0.25) is 0 Å². The Morgan fingerprint density at radius 2 is 1.25 bits per heavy atom. The molecule has 0 aromatic heterocycles. The molecule has 0 aromatic carbocycles. The summed E-state index contributed by atoms with van der Waals surface area (Å²) in [5.41, 5.74) is 0. The minimum atomic E-state index is 0. The zero-order chi connectivity index (χ0) is 0. The van der Waals surface area contributed by atoms with Gasteiger partial charge in [-0.2, -0.15) is 0 Å². The van der Waals surface area contributed by atoms with Crippen LogP contribution in [0.5, 0.6) is 0 Å². The molecule has 0 aromatic rings. The van der Waals surface area contributed by atoms with Gasteiger partial charge in [0, 0.05) is 19.5 Å². The molecule has 0 saturated carbocycles. The Morgan fingerprint density at radius 3 is 1.25 bits per heavy atom. The van der Waals surface area contributed by atoms with Crippen molar-refractivity contribution in [2.24, 2.45) is 0 Å². The van der Waals surface area contributed by atoms with Crippen LogP contribution in [0.2, 0.25) is 0 Å². The van der Waals surface area contributed by atoms with Crippen LogP contribution in [-0.2, 0) is 19.5 Å². The van der Waals surface area contributed by atoms with Gasteiger partial charge in [-0.15, -0.1) is 0 Å². The van der Waals surface area contributed by atoms with Gasteiger partial charge in [-0.05, 0) is 11.0 Å². The van der Waals surface area contributed by atoms with Gasteiger partial charge in [0.15, 0.2) is 0 Å². The van der Waals surface area contributed by atoms with Crippen molar-refractivity contribution < 1.29 is 75.1 Å². The van der Waals surface area contributed by atoms with E-state index in [1.54, 1.807) is 0 Å². The summed E-state index contributed by atoms with van der Waals surface area (Å²) in [7, 11) is 0. The van der Waals surface area contributed by atoms with E-state index in [1.165, 1.54) is 0 Å². The summed E-state index contributed by atoms with van der Waals surface area (Å²) in [5.74, 6) is 0. The third-order valence-corrected chi connectivity index (χ3v) is 0. The molecular formula is H7CaKSiZn. The minimum Gasteiger partial charge on any atom is -1.00 e. The summed E-state index contributed by atoms with van der Waals surface area (Å²) in [6.07, 6.45) is 0. The predicted molar refractivity (Wildman–Crippen MR) is 20.4 cm³/mol. The molecule has 0 aliphatic carbocycles. The van der Waals surface area contributed by atoms with Crippen molar-refractivity contribution in [3.05, 3.63) is 0 Å². The minimum absolute atomic E-state index is 0. The molecule has 0 fully saturated rings. The van der Waals surface area contributed by atoms with E-state index in [-0.39, 0.29) is 124 Å². The smallest absolute Gasteiger partial charge is 1.00 e. The van der Waals surface area contributed by atoms with Crippen molar-refractivity contribution in [3.8, 4) is 0 Å². The quantitative estimate of drug-likeness (QED) is 0.329. The molecule has 0 amide bonds. The van der Waals surface area contributed by atoms with Gasteiger partial charge in [0.1, 0.15) is 0 Å². The van der Waals surface area contributed by atoms with Crippen molar-refractivity contribution >= 4 is 48.7 Å². The summed E-state index contributed by atoms with van der Waals surface area (Å²) < 4.78 is 0. The monoisotopic (exact) mass is 178 g/mol. The van der Waals surface area contributed by atoms with Crippen molar-refractivity contribution in [3.63, 3.8) is 0 Å². The molecule has 0 nitrogen and oxygen atoms in total. The van der Waals surface area contributed by atoms with Crippen LogP contribution in [0.1, 0.15) is 4.28 Å². The van der Waals surface area contributed by atoms with E-state index in [0.29, 0.717) is 0 Å². The van der Waals surface area contributed by atoms with E-state index in [2.05, 4.69) is 0 Å². The maximum atomic E-state index is 0. The molecule has 0 aliphatic heterocycles. The second-order valence-corrected chi connectivity index (χ2v) is 0. The van der Waals surface area contributed by atoms with Crippen LogP contribution in [0, 0.1) is 0 Å². The van der Waals surface area contributed by atoms with Gasteiger partial charge in [0.25, 0.3) is 0 Å². The van der Waals surface area contributed by atoms with Crippen molar-refractivity contribution in [1.29, 1.82) is 0 Å². The molecule has 4 heteroatoms. The molecule has 0 aliphatic rings. The van der Waals surface area contributed by atoms with Crippen molar-refractivity contribution in [2.75, 3.05) is 0 Å².